The number of hydrogen-bond acceptors (Lipinski definition) is 2. The molecule has 29 heavy (non-hydrogen) atoms. The maximum atomic E-state index is 13.3. The van der Waals surface area contributed by atoms with Crippen LogP contribution >= 0.6 is 0 Å². The largest absolute Gasteiger partial charge is 0.497 e. The Morgan fingerprint density at radius 3 is 2.62 bits per heavy atom. The summed E-state index contributed by atoms with van der Waals surface area (Å²) in [4.78, 5) is 16.7. The van der Waals surface area contributed by atoms with Crippen molar-refractivity contribution in [2.24, 2.45) is 0 Å². The van der Waals surface area contributed by atoms with Gasteiger partial charge in [-0.2, -0.15) is 4.57 Å². The minimum Gasteiger partial charge on any atom is -0.497 e. The van der Waals surface area contributed by atoms with Gasteiger partial charge in [0, 0.05) is 28.8 Å². The summed E-state index contributed by atoms with van der Waals surface area (Å²) in [6.07, 6.45) is 7.65. The van der Waals surface area contributed by atoms with Crippen LogP contribution in [0.4, 0.5) is 0 Å². The number of fused-ring (bicyclic) bond motifs is 3. The molecule has 2 heterocycles. The molecule has 0 radical (unpaired) electrons. The lowest BCUT2D eigenvalue weighted by atomic mass is 10.1. The molecule has 2 aromatic heterocycles. The zero-order valence-corrected chi connectivity index (χ0v) is 16.8. The lowest BCUT2D eigenvalue weighted by Crippen LogP contribution is -2.40. The van der Waals surface area contributed by atoms with Gasteiger partial charge in [0.15, 0.2) is 6.20 Å². The SMILES string of the molecule is CCCC[n+]1ccc2c([nH]c3ccccc32)c1C(=O)/C=C/c1ccc(OC)cc1. The van der Waals surface area contributed by atoms with Crippen molar-refractivity contribution in [1.82, 2.24) is 4.98 Å². The van der Waals surface area contributed by atoms with Crippen LogP contribution in [0.15, 0.2) is 66.9 Å². The van der Waals surface area contributed by atoms with Crippen molar-refractivity contribution in [3.8, 4) is 5.75 Å². The molecule has 0 fully saturated rings. The number of para-hydroxylation sites is 1. The fourth-order valence-corrected chi connectivity index (χ4v) is 3.65. The lowest BCUT2D eigenvalue weighted by Gasteiger charge is -2.03. The first-order valence-corrected chi connectivity index (χ1v) is 10.0. The van der Waals surface area contributed by atoms with E-state index < -0.39 is 0 Å². The van der Waals surface area contributed by atoms with Gasteiger partial charge in [-0.15, -0.1) is 0 Å². The van der Waals surface area contributed by atoms with E-state index in [0.717, 1.165) is 52.5 Å². The Morgan fingerprint density at radius 2 is 1.86 bits per heavy atom. The van der Waals surface area contributed by atoms with Crippen molar-refractivity contribution in [3.63, 3.8) is 0 Å². The Balaban J connectivity index is 1.78. The van der Waals surface area contributed by atoms with Crippen LogP contribution in [0.1, 0.15) is 35.8 Å². The predicted molar refractivity (Wildman–Crippen MR) is 117 cm³/mol. The van der Waals surface area contributed by atoms with Gasteiger partial charge in [0.25, 0.3) is 11.5 Å². The van der Waals surface area contributed by atoms with Gasteiger partial charge in [-0.1, -0.05) is 49.8 Å². The van der Waals surface area contributed by atoms with Crippen molar-refractivity contribution >= 4 is 33.7 Å². The molecule has 4 nitrogen and oxygen atoms in total. The minimum absolute atomic E-state index is 0.00548. The molecule has 4 rings (SSSR count). The van der Waals surface area contributed by atoms with Crippen LogP contribution in [0, 0.1) is 0 Å². The van der Waals surface area contributed by atoms with Crippen molar-refractivity contribution < 1.29 is 14.1 Å². The molecule has 0 bridgehead atoms. The highest BCUT2D eigenvalue weighted by Gasteiger charge is 2.23. The highest BCUT2D eigenvalue weighted by atomic mass is 16.5. The number of carbonyl (C=O) groups is 1. The number of aromatic amines is 1. The Morgan fingerprint density at radius 1 is 1.07 bits per heavy atom. The van der Waals surface area contributed by atoms with Gasteiger partial charge in [0.2, 0.25) is 0 Å². The summed E-state index contributed by atoms with van der Waals surface area (Å²) in [6, 6.07) is 17.9. The maximum Gasteiger partial charge on any atom is 0.277 e. The number of ketones is 1. The highest BCUT2D eigenvalue weighted by Crippen LogP contribution is 2.26. The molecule has 0 amide bonds. The van der Waals surface area contributed by atoms with E-state index in [1.165, 1.54) is 0 Å². The molecule has 4 heteroatoms. The van der Waals surface area contributed by atoms with Crippen LogP contribution in [-0.2, 0) is 6.54 Å². The van der Waals surface area contributed by atoms with Crippen molar-refractivity contribution in [2.75, 3.05) is 7.11 Å². The number of aromatic nitrogens is 2. The third-order valence-corrected chi connectivity index (χ3v) is 5.22. The van der Waals surface area contributed by atoms with Crippen molar-refractivity contribution in [3.05, 3.63) is 78.1 Å². The number of nitrogens with one attached hydrogen (secondary N) is 1. The zero-order chi connectivity index (χ0) is 20.2. The summed E-state index contributed by atoms with van der Waals surface area (Å²) >= 11 is 0. The van der Waals surface area contributed by atoms with Gasteiger partial charge in [0.1, 0.15) is 17.8 Å². The topological polar surface area (TPSA) is 46.0 Å². The molecule has 4 aromatic rings. The molecule has 1 N–H and O–H groups in total. The average molecular weight is 385 g/mol. The number of carbonyl (C=O) groups excluding carboxylic acids is 1. The van der Waals surface area contributed by atoms with Gasteiger partial charge in [-0.25, -0.2) is 0 Å². The van der Waals surface area contributed by atoms with Crippen molar-refractivity contribution in [2.45, 2.75) is 26.3 Å². The van der Waals surface area contributed by atoms with E-state index in [2.05, 4.69) is 28.6 Å². The van der Waals surface area contributed by atoms with E-state index in [1.807, 2.05) is 54.7 Å². The molecule has 2 aromatic carbocycles. The second kappa shape index (κ2) is 8.31. The molecule has 0 saturated heterocycles. The van der Waals surface area contributed by atoms with Gasteiger partial charge in [0.05, 0.1) is 7.11 Å². The lowest BCUT2D eigenvalue weighted by molar-refractivity contribution is -0.697. The summed E-state index contributed by atoms with van der Waals surface area (Å²) in [5.41, 5.74) is 3.61. The fourth-order valence-electron chi connectivity index (χ4n) is 3.65. The van der Waals surface area contributed by atoms with E-state index in [4.69, 9.17) is 4.74 Å². The Kier molecular flexibility index (Phi) is 5.43. The van der Waals surface area contributed by atoms with Crippen LogP contribution in [0.5, 0.6) is 5.75 Å². The Bertz CT molecular complexity index is 1190. The number of aryl methyl sites for hydroxylation is 1. The Hall–Kier alpha value is -3.40. The number of nitrogens with zero attached hydrogens (tertiary/aromatic N) is 1. The van der Waals surface area contributed by atoms with E-state index >= 15 is 0 Å². The van der Waals surface area contributed by atoms with Crippen LogP contribution in [0.3, 0.4) is 0 Å². The smallest absolute Gasteiger partial charge is 0.277 e. The van der Waals surface area contributed by atoms with E-state index in [0.29, 0.717) is 5.69 Å². The number of ether oxygens (including phenoxy) is 1. The first kappa shape index (κ1) is 18.9. The number of allylic oxidation sites excluding steroid dienone is 1. The molecule has 0 unspecified atom stereocenters. The summed E-state index contributed by atoms with van der Waals surface area (Å²) in [5.74, 6) is 0.794. The quantitative estimate of drug-likeness (QED) is 0.266. The highest BCUT2D eigenvalue weighted by molar-refractivity contribution is 6.16. The summed E-state index contributed by atoms with van der Waals surface area (Å²) in [5, 5.41) is 2.22. The normalized spacial score (nSPS) is 11.5. The van der Waals surface area contributed by atoms with Crippen LogP contribution in [0.2, 0.25) is 0 Å². The number of pyridine rings is 1. The molecular weight excluding hydrogens is 360 g/mol. The van der Waals surface area contributed by atoms with E-state index in [9.17, 15) is 4.79 Å². The number of benzene rings is 2. The number of unbranched alkanes of at least 4 members (excludes halogenated alkanes) is 1. The monoisotopic (exact) mass is 385 g/mol. The third kappa shape index (κ3) is 3.79. The molecular formula is C25H25N2O2+. The fraction of sp³-hybridized carbons (Fsp3) is 0.200. The summed E-state index contributed by atoms with van der Waals surface area (Å²) < 4.78 is 7.27. The first-order valence-electron chi connectivity index (χ1n) is 10.0. The Labute approximate surface area is 170 Å². The zero-order valence-electron chi connectivity index (χ0n) is 16.8. The minimum atomic E-state index is -0.00548. The molecule has 0 aliphatic rings. The van der Waals surface area contributed by atoms with Crippen LogP contribution in [-0.4, -0.2) is 17.9 Å². The summed E-state index contributed by atoms with van der Waals surface area (Å²) in [6.45, 7) is 2.98. The third-order valence-electron chi connectivity index (χ3n) is 5.22. The van der Waals surface area contributed by atoms with E-state index in [-0.39, 0.29) is 5.78 Å². The first-order chi connectivity index (χ1) is 14.2. The number of H-pyrrole nitrogens is 1. The average Bonchev–Trinajstić information content (AvgIpc) is 3.14. The van der Waals surface area contributed by atoms with Gasteiger partial charge in [-0.05, 0) is 29.8 Å². The summed E-state index contributed by atoms with van der Waals surface area (Å²) in [7, 11) is 1.64. The maximum absolute atomic E-state index is 13.3. The number of rotatable bonds is 7. The second-order valence-corrected chi connectivity index (χ2v) is 7.14. The number of hydrogen-bond donors (Lipinski definition) is 1. The van der Waals surface area contributed by atoms with Crippen LogP contribution < -0.4 is 9.30 Å². The molecule has 0 atom stereocenters. The van der Waals surface area contributed by atoms with E-state index in [1.54, 1.807) is 13.2 Å². The molecule has 146 valence electrons. The molecule has 0 spiro atoms. The second-order valence-electron chi connectivity index (χ2n) is 7.14. The van der Waals surface area contributed by atoms with Gasteiger partial charge in [-0.3, -0.25) is 4.79 Å². The van der Waals surface area contributed by atoms with Gasteiger partial charge >= 0.3 is 0 Å². The van der Waals surface area contributed by atoms with Crippen molar-refractivity contribution in [1.29, 1.82) is 0 Å². The molecule has 0 aliphatic carbocycles. The molecule has 0 saturated carbocycles. The van der Waals surface area contributed by atoms with Gasteiger partial charge < -0.3 is 9.72 Å². The number of methoxy groups -OCH3 is 1. The molecule has 0 aliphatic heterocycles. The predicted octanol–water partition coefficient (Wildman–Crippen LogP) is 5.31. The standard InChI is InChI=1S/C25H24N2O2/c1-3-4-16-27-17-15-21-20-7-5-6-8-22(20)26-24(21)25(27)23(28)14-11-18-9-12-19(29-2)13-10-18/h5-15,17H,3-4,16H2,1-2H3/p+1/b14-11+. The van der Waals surface area contributed by atoms with Crippen LogP contribution in [0.25, 0.3) is 27.9 Å².